The summed E-state index contributed by atoms with van der Waals surface area (Å²) in [7, 11) is -3.87. The smallest absolute Gasteiger partial charge is 0.272 e. The van der Waals surface area contributed by atoms with Gasteiger partial charge in [-0.25, -0.2) is 27.3 Å². The monoisotopic (exact) mass is 587 g/mol. The standard InChI is InChI=1S/C29H26ClN7O3S/c30-24-16-33-29(34-20-7-6-14-36(17-20)28(38)25-13-12-19(31)15-32-25)35-27(24)23-18-37(26-11-5-4-10-22(23)26)41(39,40)21-8-2-1-3-9-21/h1-5,8-13,15-16,18,20H,6-7,14,17,31H2,(H,33,34,35)/t20-/m1/s1. The van der Waals surface area contributed by atoms with E-state index in [1.807, 2.05) is 12.1 Å². The molecule has 6 rings (SSSR count). The minimum atomic E-state index is -3.87. The molecule has 2 aromatic carbocycles. The highest BCUT2D eigenvalue weighted by atomic mass is 35.5. The third kappa shape index (κ3) is 5.21. The van der Waals surface area contributed by atoms with Gasteiger partial charge in [0, 0.05) is 36.3 Å². The summed E-state index contributed by atoms with van der Waals surface area (Å²) in [5.74, 6) is 0.165. The van der Waals surface area contributed by atoms with E-state index in [2.05, 4.69) is 15.3 Å². The van der Waals surface area contributed by atoms with Gasteiger partial charge in [0.2, 0.25) is 5.95 Å². The number of pyridine rings is 1. The van der Waals surface area contributed by atoms with E-state index in [9.17, 15) is 13.2 Å². The number of nitrogen functional groups attached to an aromatic ring is 1. The highest BCUT2D eigenvalue weighted by Crippen LogP contribution is 2.36. The van der Waals surface area contributed by atoms with Gasteiger partial charge in [-0.05, 0) is 43.2 Å². The topological polar surface area (TPSA) is 136 Å². The van der Waals surface area contributed by atoms with Crippen LogP contribution in [0.2, 0.25) is 5.02 Å². The second-order valence-corrected chi connectivity index (χ2v) is 12.0. The Bertz CT molecular complexity index is 1840. The van der Waals surface area contributed by atoms with E-state index >= 15 is 0 Å². The average molecular weight is 588 g/mol. The van der Waals surface area contributed by atoms with E-state index < -0.39 is 10.0 Å². The number of likely N-dealkylation sites (tertiary alicyclic amines) is 1. The number of nitrogens with zero attached hydrogens (tertiary/aromatic N) is 5. The first-order valence-electron chi connectivity index (χ1n) is 13.0. The summed E-state index contributed by atoms with van der Waals surface area (Å²) in [5, 5.41) is 4.30. The second kappa shape index (κ2) is 10.8. The molecule has 1 aliphatic heterocycles. The number of anilines is 2. The highest BCUT2D eigenvalue weighted by molar-refractivity contribution is 7.90. The molecule has 0 spiro atoms. The summed E-state index contributed by atoms with van der Waals surface area (Å²) < 4.78 is 28.4. The SMILES string of the molecule is Nc1ccc(C(=O)N2CCC[C@@H](Nc3ncc(Cl)c(-c4cn(S(=O)(=O)c5ccccc5)c5ccccc45)n3)C2)nc1. The van der Waals surface area contributed by atoms with Gasteiger partial charge in [0.25, 0.3) is 15.9 Å². The quantitative estimate of drug-likeness (QED) is 0.292. The number of piperidine rings is 1. The zero-order chi connectivity index (χ0) is 28.6. The van der Waals surface area contributed by atoms with Gasteiger partial charge in [0.15, 0.2) is 0 Å². The molecule has 208 valence electrons. The third-order valence-electron chi connectivity index (χ3n) is 7.02. The van der Waals surface area contributed by atoms with Crippen LogP contribution in [-0.2, 0) is 10.0 Å². The van der Waals surface area contributed by atoms with E-state index in [4.69, 9.17) is 22.3 Å². The van der Waals surface area contributed by atoms with Crippen LogP contribution >= 0.6 is 11.6 Å². The molecule has 1 saturated heterocycles. The van der Waals surface area contributed by atoms with Crippen LogP contribution in [0.3, 0.4) is 0 Å². The number of amides is 1. The number of carbonyl (C=O) groups excluding carboxylic acids is 1. The lowest BCUT2D eigenvalue weighted by Gasteiger charge is -2.33. The number of hydrogen-bond acceptors (Lipinski definition) is 8. The third-order valence-corrected chi connectivity index (χ3v) is 8.99. The minimum Gasteiger partial charge on any atom is -0.397 e. The number of para-hydroxylation sites is 1. The molecule has 0 radical (unpaired) electrons. The number of nitrogens with two attached hydrogens (primary N) is 1. The van der Waals surface area contributed by atoms with Gasteiger partial charge < -0.3 is 16.0 Å². The van der Waals surface area contributed by atoms with Crippen LogP contribution in [0.15, 0.2) is 90.2 Å². The molecule has 12 heteroatoms. The largest absolute Gasteiger partial charge is 0.397 e. The summed E-state index contributed by atoms with van der Waals surface area (Å²) in [6, 6.07) is 18.6. The molecule has 3 aromatic heterocycles. The van der Waals surface area contributed by atoms with Gasteiger partial charge in [-0.1, -0.05) is 48.0 Å². The van der Waals surface area contributed by atoms with Crippen molar-refractivity contribution < 1.29 is 13.2 Å². The summed E-state index contributed by atoms with van der Waals surface area (Å²) >= 11 is 6.58. The van der Waals surface area contributed by atoms with Gasteiger partial charge in [0.1, 0.15) is 5.69 Å². The van der Waals surface area contributed by atoms with Gasteiger partial charge >= 0.3 is 0 Å². The molecule has 0 bridgehead atoms. The number of aromatic nitrogens is 4. The maximum Gasteiger partial charge on any atom is 0.272 e. The highest BCUT2D eigenvalue weighted by Gasteiger charge is 2.27. The predicted molar refractivity (Wildman–Crippen MR) is 158 cm³/mol. The zero-order valence-corrected chi connectivity index (χ0v) is 23.4. The number of rotatable bonds is 6. The first-order valence-corrected chi connectivity index (χ1v) is 14.8. The zero-order valence-electron chi connectivity index (χ0n) is 21.8. The normalized spacial score (nSPS) is 15.6. The molecule has 0 saturated carbocycles. The van der Waals surface area contributed by atoms with E-state index in [1.165, 1.54) is 16.4 Å². The Morgan fingerprint density at radius 3 is 2.56 bits per heavy atom. The van der Waals surface area contributed by atoms with Crippen molar-refractivity contribution in [2.24, 2.45) is 0 Å². The molecule has 1 atom stereocenters. The Hall–Kier alpha value is -4.48. The van der Waals surface area contributed by atoms with Crippen LogP contribution in [0, 0.1) is 0 Å². The van der Waals surface area contributed by atoms with Crippen LogP contribution in [-0.4, -0.2) is 57.3 Å². The van der Waals surface area contributed by atoms with E-state index in [-0.39, 0.29) is 21.9 Å². The van der Waals surface area contributed by atoms with Crippen LogP contribution in [0.1, 0.15) is 23.3 Å². The van der Waals surface area contributed by atoms with Gasteiger partial charge in [0.05, 0.1) is 39.2 Å². The predicted octanol–water partition coefficient (Wildman–Crippen LogP) is 4.68. The Morgan fingerprint density at radius 1 is 1.00 bits per heavy atom. The fraction of sp³-hybridized carbons (Fsp3) is 0.172. The summed E-state index contributed by atoms with van der Waals surface area (Å²) in [4.78, 5) is 28.2. The van der Waals surface area contributed by atoms with Crippen LogP contribution in [0.5, 0.6) is 0 Å². The molecule has 3 N–H and O–H groups in total. The molecule has 0 aliphatic carbocycles. The Balaban J connectivity index is 1.30. The summed E-state index contributed by atoms with van der Waals surface area (Å²) in [6.45, 7) is 1.06. The van der Waals surface area contributed by atoms with Crippen molar-refractivity contribution in [2.45, 2.75) is 23.8 Å². The molecular formula is C29H26ClN7O3S. The number of nitrogens with one attached hydrogen (secondary N) is 1. The molecule has 1 aliphatic rings. The van der Waals surface area contributed by atoms with Crippen molar-refractivity contribution in [1.82, 2.24) is 23.8 Å². The lowest BCUT2D eigenvalue weighted by molar-refractivity contribution is 0.0708. The molecule has 5 aromatic rings. The molecule has 1 amide bonds. The molecule has 0 unspecified atom stereocenters. The van der Waals surface area contributed by atoms with Crippen molar-refractivity contribution >= 4 is 50.1 Å². The van der Waals surface area contributed by atoms with Crippen molar-refractivity contribution in [3.05, 3.63) is 96.0 Å². The summed E-state index contributed by atoms with van der Waals surface area (Å²) in [6.07, 6.45) is 6.12. The van der Waals surface area contributed by atoms with Gasteiger partial charge in [-0.2, -0.15) is 0 Å². The number of carbonyl (C=O) groups is 1. The van der Waals surface area contributed by atoms with Crippen molar-refractivity contribution in [3.63, 3.8) is 0 Å². The van der Waals surface area contributed by atoms with E-state index in [1.54, 1.807) is 65.7 Å². The number of hydrogen-bond donors (Lipinski definition) is 2. The van der Waals surface area contributed by atoms with Gasteiger partial charge in [-0.15, -0.1) is 0 Å². The van der Waals surface area contributed by atoms with E-state index in [0.717, 1.165) is 12.8 Å². The number of fused-ring (bicyclic) bond motifs is 1. The Labute approximate surface area is 241 Å². The fourth-order valence-electron chi connectivity index (χ4n) is 5.02. The number of halogens is 1. The first-order chi connectivity index (χ1) is 19.8. The van der Waals surface area contributed by atoms with Crippen molar-refractivity contribution in [3.8, 4) is 11.3 Å². The minimum absolute atomic E-state index is 0.102. The maximum absolute atomic E-state index is 13.6. The summed E-state index contributed by atoms with van der Waals surface area (Å²) in [5.41, 5.74) is 8.01. The molecule has 4 heterocycles. The van der Waals surface area contributed by atoms with Crippen molar-refractivity contribution in [1.29, 1.82) is 0 Å². The molecule has 1 fully saturated rings. The fourth-order valence-corrected chi connectivity index (χ4v) is 6.61. The average Bonchev–Trinajstić information content (AvgIpc) is 3.39. The second-order valence-electron chi connectivity index (χ2n) is 9.78. The molecule has 10 nitrogen and oxygen atoms in total. The Morgan fingerprint density at radius 2 is 1.78 bits per heavy atom. The molecule has 41 heavy (non-hydrogen) atoms. The van der Waals surface area contributed by atoms with Gasteiger partial charge in [-0.3, -0.25) is 4.79 Å². The lowest BCUT2D eigenvalue weighted by atomic mass is 10.1. The maximum atomic E-state index is 13.6. The van der Waals surface area contributed by atoms with Crippen LogP contribution in [0.4, 0.5) is 11.6 Å². The molecular weight excluding hydrogens is 562 g/mol. The Kier molecular flexibility index (Phi) is 7.06. The van der Waals surface area contributed by atoms with Crippen LogP contribution in [0.25, 0.3) is 22.2 Å². The first kappa shape index (κ1) is 26.7. The lowest BCUT2D eigenvalue weighted by Crippen LogP contribution is -2.45. The van der Waals surface area contributed by atoms with Crippen LogP contribution < -0.4 is 11.1 Å². The van der Waals surface area contributed by atoms with E-state index in [0.29, 0.717) is 52.6 Å². The number of benzene rings is 2. The van der Waals surface area contributed by atoms with Crippen molar-refractivity contribution in [2.75, 3.05) is 24.1 Å².